The number of para-hydroxylation sites is 1. The number of halogens is 1. The highest BCUT2D eigenvalue weighted by Gasteiger charge is 2.26. The van der Waals surface area contributed by atoms with E-state index in [0.29, 0.717) is 27.5 Å². The molecule has 12 heteroatoms. The van der Waals surface area contributed by atoms with Gasteiger partial charge in [0.1, 0.15) is 0 Å². The highest BCUT2D eigenvalue weighted by atomic mass is 35.5. The van der Waals surface area contributed by atoms with Crippen molar-refractivity contribution in [3.63, 3.8) is 0 Å². The van der Waals surface area contributed by atoms with Crippen LogP contribution in [-0.4, -0.2) is 43.0 Å². The SMILES string of the molecule is CC(Sc1nnc(N2CCCC2)n1-c1ccccc1Cl)c1nnc(-c2ccc([N+](=O)[O-])cc2)o1. The van der Waals surface area contributed by atoms with Gasteiger partial charge in [0.2, 0.25) is 17.7 Å². The molecule has 1 aliphatic rings. The molecule has 0 N–H and O–H groups in total. The Hall–Kier alpha value is -3.44. The zero-order valence-corrected chi connectivity index (χ0v) is 19.7. The minimum absolute atomic E-state index is 0.000119. The molecule has 4 aromatic rings. The predicted molar refractivity (Wildman–Crippen MR) is 128 cm³/mol. The van der Waals surface area contributed by atoms with Gasteiger partial charge in [0, 0.05) is 30.8 Å². The van der Waals surface area contributed by atoms with Gasteiger partial charge in [-0.05, 0) is 44.0 Å². The van der Waals surface area contributed by atoms with Gasteiger partial charge in [0.05, 0.1) is 20.9 Å². The van der Waals surface area contributed by atoms with Gasteiger partial charge in [-0.15, -0.1) is 20.4 Å². The van der Waals surface area contributed by atoms with Crippen LogP contribution in [0.5, 0.6) is 0 Å². The summed E-state index contributed by atoms with van der Waals surface area (Å²) >= 11 is 7.97. The Balaban J connectivity index is 1.42. The molecule has 1 atom stereocenters. The zero-order chi connectivity index (χ0) is 23.7. The van der Waals surface area contributed by atoms with E-state index in [9.17, 15) is 10.1 Å². The third kappa shape index (κ3) is 4.36. The van der Waals surface area contributed by atoms with Crippen LogP contribution in [0.2, 0.25) is 5.02 Å². The van der Waals surface area contributed by atoms with E-state index < -0.39 is 4.92 Å². The first-order valence-electron chi connectivity index (χ1n) is 10.7. The number of anilines is 1. The molecule has 0 radical (unpaired) electrons. The Labute approximate surface area is 204 Å². The summed E-state index contributed by atoms with van der Waals surface area (Å²) in [6.45, 7) is 3.79. The summed E-state index contributed by atoms with van der Waals surface area (Å²) in [5, 5.41) is 29.2. The van der Waals surface area contributed by atoms with Crippen molar-refractivity contribution in [1.82, 2.24) is 25.0 Å². The van der Waals surface area contributed by atoms with Gasteiger partial charge in [-0.3, -0.25) is 14.7 Å². The molecule has 0 amide bonds. The topological polar surface area (TPSA) is 116 Å². The average Bonchev–Trinajstić information content (AvgIpc) is 3.60. The van der Waals surface area contributed by atoms with Crippen molar-refractivity contribution in [3.05, 3.63) is 69.6 Å². The third-order valence-corrected chi connectivity index (χ3v) is 6.84. The number of hydrogen-bond donors (Lipinski definition) is 0. The van der Waals surface area contributed by atoms with E-state index >= 15 is 0 Å². The molecule has 1 fully saturated rings. The van der Waals surface area contributed by atoms with E-state index in [1.54, 1.807) is 12.1 Å². The monoisotopic (exact) mass is 497 g/mol. The maximum absolute atomic E-state index is 10.9. The van der Waals surface area contributed by atoms with E-state index in [-0.39, 0.29) is 10.9 Å². The fourth-order valence-electron chi connectivity index (χ4n) is 3.75. The number of non-ortho nitro benzene ring substituents is 1. The molecule has 34 heavy (non-hydrogen) atoms. The van der Waals surface area contributed by atoms with Crippen LogP contribution in [0, 0.1) is 10.1 Å². The van der Waals surface area contributed by atoms with E-state index in [0.717, 1.165) is 37.6 Å². The Morgan fingerprint density at radius 2 is 1.79 bits per heavy atom. The van der Waals surface area contributed by atoms with Crippen molar-refractivity contribution in [2.45, 2.75) is 30.2 Å². The van der Waals surface area contributed by atoms with Crippen molar-refractivity contribution in [3.8, 4) is 17.1 Å². The van der Waals surface area contributed by atoms with Crippen LogP contribution < -0.4 is 4.90 Å². The van der Waals surface area contributed by atoms with Gasteiger partial charge < -0.3 is 9.32 Å². The normalized spacial score (nSPS) is 14.5. The molecule has 2 aromatic heterocycles. The summed E-state index contributed by atoms with van der Waals surface area (Å²) in [5.74, 6) is 1.47. The Morgan fingerprint density at radius 1 is 1.06 bits per heavy atom. The molecule has 3 heterocycles. The van der Waals surface area contributed by atoms with E-state index in [1.165, 1.54) is 23.9 Å². The van der Waals surface area contributed by atoms with Crippen LogP contribution in [0.4, 0.5) is 11.6 Å². The maximum atomic E-state index is 10.9. The number of nitro benzene ring substituents is 1. The molecule has 1 unspecified atom stereocenters. The van der Waals surface area contributed by atoms with Gasteiger partial charge >= 0.3 is 0 Å². The van der Waals surface area contributed by atoms with Gasteiger partial charge in [-0.25, -0.2) is 0 Å². The van der Waals surface area contributed by atoms with Crippen molar-refractivity contribution >= 4 is 35.0 Å². The molecule has 1 aliphatic heterocycles. The predicted octanol–water partition coefficient (Wildman–Crippen LogP) is 5.33. The molecule has 2 aromatic carbocycles. The number of hydrogen-bond acceptors (Lipinski definition) is 9. The summed E-state index contributed by atoms with van der Waals surface area (Å²) in [7, 11) is 0. The molecule has 1 saturated heterocycles. The number of rotatable bonds is 7. The molecule has 174 valence electrons. The Morgan fingerprint density at radius 3 is 2.50 bits per heavy atom. The molecular weight excluding hydrogens is 478 g/mol. The highest BCUT2D eigenvalue weighted by molar-refractivity contribution is 7.99. The minimum Gasteiger partial charge on any atom is -0.419 e. The lowest BCUT2D eigenvalue weighted by molar-refractivity contribution is -0.384. The Kier molecular flexibility index (Phi) is 6.20. The largest absolute Gasteiger partial charge is 0.419 e. The van der Waals surface area contributed by atoms with Crippen molar-refractivity contribution < 1.29 is 9.34 Å². The first kappa shape index (κ1) is 22.4. The van der Waals surface area contributed by atoms with Crippen LogP contribution in [0.15, 0.2) is 58.1 Å². The standard InChI is InChI=1S/C22H20ClN7O3S/c1-14(19-24-25-20(33-19)15-8-10-16(11-9-15)30(31)32)34-22-27-26-21(28-12-4-5-13-28)29(22)18-7-3-2-6-17(18)23/h2-3,6-11,14H,4-5,12-13H2,1H3. The molecule has 0 aliphatic carbocycles. The van der Waals surface area contributed by atoms with Crippen LogP contribution in [0.25, 0.3) is 17.1 Å². The zero-order valence-electron chi connectivity index (χ0n) is 18.2. The summed E-state index contributed by atoms with van der Waals surface area (Å²) in [6.07, 6.45) is 2.23. The lowest BCUT2D eigenvalue weighted by Gasteiger charge is -2.19. The maximum Gasteiger partial charge on any atom is 0.269 e. The first-order valence-corrected chi connectivity index (χ1v) is 12.0. The fourth-order valence-corrected chi connectivity index (χ4v) is 4.86. The first-order chi connectivity index (χ1) is 16.5. The third-order valence-electron chi connectivity index (χ3n) is 5.49. The van der Waals surface area contributed by atoms with E-state index in [2.05, 4.69) is 25.3 Å². The van der Waals surface area contributed by atoms with Crippen LogP contribution >= 0.6 is 23.4 Å². The average molecular weight is 498 g/mol. The van der Waals surface area contributed by atoms with E-state index in [1.807, 2.05) is 35.8 Å². The van der Waals surface area contributed by atoms with Gasteiger partial charge in [-0.1, -0.05) is 35.5 Å². The number of aromatic nitrogens is 5. The van der Waals surface area contributed by atoms with Crippen molar-refractivity contribution in [2.24, 2.45) is 0 Å². The summed E-state index contributed by atoms with van der Waals surface area (Å²) in [4.78, 5) is 12.6. The number of benzene rings is 2. The lowest BCUT2D eigenvalue weighted by Crippen LogP contribution is -2.22. The fraction of sp³-hybridized carbons (Fsp3) is 0.273. The minimum atomic E-state index is -0.451. The summed E-state index contributed by atoms with van der Waals surface area (Å²) in [6, 6.07) is 13.6. The van der Waals surface area contributed by atoms with Crippen LogP contribution in [0.1, 0.15) is 30.9 Å². The summed E-state index contributed by atoms with van der Waals surface area (Å²) < 4.78 is 7.85. The number of nitro groups is 1. The highest BCUT2D eigenvalue weighted by Crippen LogP contribution is 2.38. The molecule has 0 bridgehead atoms. The second-order valence-corrected chi connectivity index (χ2v) is 9.49. The second kappa shape index (κ2) is 9.43. The molecular formula is C22H20ClN7O3S. The van der Waals surface area contributed by atoms with Gasteiger partial charge in [0.25, 0.3) is 5.69 Å². The molecule has 10 nitrogen and oxygen atoms in total. The number of nitrogens with zero attached hydrogens (tertiary/aromatic N) is 7. The molecule has 0 spiro atoms. The lowest BCUT2D eigenvalue weighted by atomic mass is 10.2. The Bertz CT molecular complexity index is 1320. The molecule has 0 saturated carbocycles. The smallest absolute Gasteiger partial charge is 0.269 e. The van der Waals surface area contributed by atoms with Gasteiger partial charge in [0.15, 0.2) is 5.16 Å². The van der Waals surface area contributed by atoms with E-state index in [4.69, 9.17) is 16.0 Å². The van der Waals surface area contributed by atoms with Crippen molar-refractivity contribution in [2.75, 3.05) is 18.0 Å². The number of thioether (sulfide) groups is 1. The van der Waals surface area contributed by atoms with Crippen molar-refractivity contribution in [1.29, 1.82) is 0 Å². The second-order valence-electron chi connectivity index (χ2n) is 7.77. The quantitative estimate of drug-likeness (QED) is 0.189. The van der Waals surface area contributed by atoms with Crippen LogP contribution in [-0.2, 0) is 0 Å². The molecule has 5 rings (SSSR count). The van der Waals surface area contributed by atoms with Gasteiger partial charge in [-0.2, -0.15) is 0 Å². The van der Waals surface area contributed by atoms with Crippen LogP contribution in [0.3, 0.4) is 0 Å². The summed E-state index contributed by atoms with van der Waals surface area (Å²) in [5.41, 5.74) is 1.42.